The number of hydrogen-bond donors (Lipinski definition) is 1. The van der Waals surface area contributed by atoms with Crippen molar-refractivity contribution in [3.8, 4) is 0 Å². The number of alkyl halides is 1. The van der Waals surface area contributed by atoms with E-state index in [-0.39, 0.29) is 12.5 Å². The molecule has 0 aromatic heterocycles. The van der Waals surface area contributed by atoms with Gasteiger partial charge in [0.15, 0.2) is 0 Å². The molecule has 2 N–H and O–H groups in total. The van der Waals surface area contributed by atoms with Crippen LogP contribution in [-0.4, -0.2) is 73.9 Å². The molecule has 0 fully saturated rings. The van der Waals surface area contributed by atoms with Crippen LogP contribution in [0.4, 0.5) is 0 Å². The number of hydrogen-bond acceptors (Lipinski definition) is 5. The van der Waals surface area contributed by atoms with Crippen LogP contribution in [0.2, 0.25) is 10.0 Å². The third-order valence-corrected chi connectivity index (χ3v) is 8.35. The van der Waals surface area contributed by atoms with Crippen LogP contribution >= 0.6 is 46.8 Å². The molecule has 1 atom stereocenters. The Labute approximate surface area is 262 Å². The van der Waals surface area contributed by atoms with Crippen molar-refractivity contribution in [1.82, 2.24) is 14.2 Å². The first-order valence-electron chi connectivity index (χ1n) is 12.7. The minimum absolute atomic E-state index is 0.0106. The Morgan fingerprint density at radius 2 is 1.56 bits per heavy atom. The van der Waals surface area contributed by atoms with Gasteiger partial charge in [0.2, 0.25) is 5.96 Å². The van der Waals surface area contributed by atoms with Gasteiger partial charge in [-0.2, -0.15) is 22.2 Å². The number of nitrogens with zero attached hydrogens (tertiary/aromatic N) is 5. The molecule has 0 radical (unpaired) electrons. The number of nitrogens with two attached hydrogens (primary N) is 1. The normalized spacial score (nSPS) is 15.4. The fourth-order valence-corrected chi connectivity index (χ4v) is 5.14. The molecule has 0 amide bonds. The molecule has 0 aliphatic carbocycles. The standard InChI is InChI=1S/C26H28Cl2N6O2S2.C2H5Cl/c1-32(16-17-33(2)38(29,35)36)26(31-37-23-14-12-22(28)13-15-23)34-18-24(19-6-4-3-5-7-19)25(30-34)20-8-10-21(27)11-9-20;1-2-3/h3-15,24H,16-18H2,1-2H3,(H2,29,35,36);2H2,1H3/b31-26+;/t24-;/m0./s1. The Kier molecular flexibility index (Phi) is 12.8. The lowest BCUT2D eigenvalue weighted by Gasteiger charge is -2.28. The van der Waals surface area contributed by atoms with Gasteiger partial charge in [-0.1, -0.05) is 72.6 Å². The van der Waals surface area contributed by atoms with E-state index in [4.69, 9.17) is 49.4 Å². The Bertz CT molecular complexity index is 1420. The third-order valence-electron chi connectivity index (χ3n) is 6.06. The lowest BCUT2D eigenvalue weighted by Crippen LogP contribution is -2.44. The maximum absolute atomic E-state index is 11.7. The van der Waals surface area contributed by atoms with E-state index in [0.717, 1.165) is 31.9 Å². The van der Waals surface area contributed by atoms with Crippen LogP contribution in [0.15, 0.2) is 93.3 Å². The molecule has 0 spiro atoms. The van der Waals surface area contributed by atoms with E-state index in [1.165, 1.54) is 19.0 Å². The summed E-state index contributed by atoms with van der Waals surface area (Å²) < 4.78 is 29.4. The van der Waals surface area contributed by atoms with Crippen molar-refractivity contribution >= 4 is 68.6 Å². The van der Waals surface area contributed by atoms with Crippen LogP contribution in [0.5, 0.6) is 0 Å². The van der Waals surface area contributed by atoms with Gasteiger partial charge in [0.05, 0.1) is 12.3 Å². The second kappa shape index (κ2) is 15.8. The predicted octanol–water partition coefficient (Wildman–Crippen LogP) is 6.17. The van der Waals surface area contributed by atoms with E-state index in [2.05, 4.69) is 12.1 Å². The average Bonchev–Trinajstić information content (AvgIpc) is 3.38. The molecule has 1 aliphatic rings. The van der Waals surface area contributed by atoms with Crippen LogP contribution < -0.4 is 5.14 Å². The summed E-state index contributed by atoms with van der Waals surface area (Å²) in [6.07, 6.45) is 0. The summed E-state index contributed by atoms with van der Waals surface area (Å²) in [6, 6.07) is 25.2. The van der Waals surface area contributed by atoms with Gasteiger partial charge >= 0.3 is 0 Å². The lowest BCUT2D eigenvalue weighted by atomic mass is 9.91. The maximum Gasteiger partial charge on any atom is 0.276 e. The molecule has 13 heteroatoms. The van der Waals surface area contributed by atoms with Crippen molar-refractivity contribution in [1.29, 1.82) is 0 Å². The summed E-state index contributed by atoms with van der Waals surface area (Å²) in [6.45, 7) is 2.98. The second-order valence-electron chi connectivity index (χ2n) is 9.03. The number of likely N-dealkylation sites (N-methyl/N-ethyl adjacent to an activating group) is 2. The minimum Gasteiger partial charge on any atom is -0.342 e. The Balaban J connectivity index is 0.00000147. The number of benzene rings is 3. The van der Waals surface area contributed by atoms with Crippen LogP contribution in [0.25, 0.3) is 0 Å². The van der Waals surface area contributed by atoms with Gasteiger partial charge < -0.3 is 4.90 Å². The number of rotatable bonds is 8. The van der Waals surface area contributed by atoms with E-state index >= 15 is 0 Å². The van der Waals surface area contributed by atoms with Gasteiger partial charge in [0.1, 0.15) is 0 Å². The van der Waals surface area contributed by atoms with Crippen molar-refractivity contribution in [2.45, 2.75) is 17.7 Å². The molecule has 1 heterocycles. The average molecular weight is 656 g/mol. The monoisotopic (exact) mass is 654 g/mol. The first kappa shape index (κ1) is 33.2. The fraction of sp³-hybridized carbons (Fsp3) is 0.286. The van der Waals surface area contributed by atoms with Crippen molar-refractivity contribution in [3.05, 3.63) is 100 Å². The molecule has 1 aliphatic heterocycles. The summed E-state index contributed by atoms with van der Waals surface area (Å²) in [7, 11) is -0.501. The van der Waals surface area contributed by atoms with Crippen LogP contribution in [0.1, 0.15) is 24.0 Å². The third kappa shape index (κ3) is 9.89. The SMILES string of the molecule is CCCl.CN(CCN(C)S(N)(=O)=O)/C(=N\Sc1ccc(Cl)cc1)N1C[C@@H](c2ccccc2)C(c2ccc(Cl)cc2)=N1. The van der Waals surface area contributed by atoms with E-state index in [9.17, 15) is 8.42 Å². The van der Waals surface area contributed by atoms with Gasteiger partial charge in [0, 0.05) is 65.9 Å². The molecular formula is C28H33Cl3N6O2S2. The Morgan fingerprint density at radius 1 is 1.00 bits per heavy atom. The smallest absolute Gasteiger partial charge is 0.276 e. The molecule has 3 aromatic carbocycles. The van der Waals surface area contributed by atoms with E-state index in [1.54, 1.807) is 0 Å². The highest BCUT2D eigenvalue weighted by Crippen LogP contribution is 2.31. The van der Waals surface area contributed by atoms with Crippen molar-refractivity contribution in [2.24, 2.45) is 14.6 Å². The zero-order valence-electron chi connectivity index (χ0n) is 23.0. The van der Waals surface area contributed by atoms with Crippen LogP contribution in [0, 0.1) is 0 Å². The van der Waals surface area contributed by atoms with E-state index < -0.39 is 10.2 Å². The van der Waals surface area contributed by atoms with Crippen molar-refractivity contribution in [2.75, 3.05) is 39.6 Å². The fourth-order valence-electron chi connectivity index (χ4n) is 3.88. The number of guanidine groups is 1. The molecule has 0 unspecified atom stereocenters. The first-order valence-corrected chi connectivity index (χ1v) is 16.3. The van der Waals surface area contributed by atoms with Gasteiger partial charge in [-0.05, 0) is 47.5 Å². The van der Waals surface area contributed by atoms with Gasteiger partial charge in [0.25, 0.3) is 10.2 Å². The lowest BCUT2D eigenvalue weighted by molar-refractivity contribution is 0.350. The van der Waals surface area contributed by atoms with E-state index in [0.29, 0.717) is 29.1 Å². The Morgan fingerprint density at radius 3 is 2.12 bits per heavy atom. The van der Waals surface area contributed by atoms with Gasteiger partial charge in [-0.25, -0.2) is 10.1 Å². The summed E-state index contributed by atoms with van der Waals surface area (Å²) in [5, 5.41) is 13.5. The van der Waals surface area contributed by atoms with Gasteiger partial charge in [-0.3, -0.25) is 0 Å². The summed E-state index contributed by atoms with van der Waals surface area (Å²) in [4.78, 5) is 2.78. The second-order valence-corrected chi connectivity index (χ2v) is 12.9. The highest BCUT2D eigenvalue weighted by atomic mass is 35.5. The molecule has 220 valence electrons. The van der Waals surface area contributed by atoms with E-state index in [1.807, 2.05) is 90.6 Å². The predicted molar refractivity (Wildman–Crippen MR) is 173 cm³/mol. The van der Waals surface area contributed by atoms with Gasteiger partial charge in [-0.15, -0.1) is 11.6 Å². The highest BCUT2D eigenvalue weighted by molar-refractivity contribution is 7.98. The summed E-state index contributed by atoms with van der Waals surface area (Å²) in [5.74, 6) is 1.29. The molecule has 8 nitrogen and oxygen atoms in total. The Hall–Kier alpha value is -2.31. The van der Waals surface area contributed by atoms with Crippen molar-refractivity contribution in [3.63, 3.8) is 0 Å². The maximum atomic E-state index is 11.7. The number of halogens is 3. The molecule has 0 saturated heterocycles. The summed E-state index contributed by atoms with van der Waals surface area (Å²) >= 11 is 18.5. The first-order chi connectivity index (χ1) is 19.5. The van der Waals surface area contributed by atoms with Crippen LogP contribution in [-0.2, 0) is 10.2 Å². The molecular weight excluding hydrogens is 623 g/mol. The highest BCUT2D eigenvalue weighted by Gasteiger charge is 2.33. The number of hydrazone groups is 1. The molecule has 0 bridgehead atoms. The minimum atomic E-state index is -3.80. The van der Waals surface area contributed by atoms with Crippen molar-refractivity contribution < 1.29 is 8.42 Å². The largest absolute Gasteiger partial charge is 0.342 e. The molecule has 3 aromatic rings. The topological polar surface area (TPSA) is 94.6 Å². The molecule has 4 rings (SSSR count). The zero-order chi connectivity index (χ0) is 30.0. The molecule has 0 saturated carbocycles. The zero-order valence-corrected chi connectivity index (χ0v) is 26.9. The van der Waals surface area contributed by atoms with Crippen LogP contribution in [0.3, 0.4) is 0 Å². The quantitative estimate of drug-likeness (QED) is 0.136. The molecule has 41 heavy (non-hydrogen) atoms. The summed E-state index contributed by atoms with van der Waals surface area (Å²) in [5.41, 5.74) is 2.99.